The molecule has 48 valence electrons. The second-order valence-electron chi connectivity index (χ2n) is 0.447. The molecule has 0 saturated carbocycles. The van der Waals surface area contributed by atoms with Gasteiger partial charge in [-0.25, -0.2) is 0 Å². The molecule has 0 spiro atoms. The van der Waals surface area contributed by atoms with Gasteiger partial charge in [-0.05, 0) is 0 Å². The SMILES string of the molecule is O=P([O-])([O-])[O-].[Ni+2].[Pt+2]. The summed E-state index contributed by atoms with van der Waals surface area (Å²) in [5.41, 5.74) is 0. The fourth-order valence-electron chi connectivity index (χ4n) is 0. The second-order valence-corrected chi connectivity index (χ2v) is 1.34. The number of rotatable bonds is 0. The maximum atomic E-state index is 8.55. The first-order valence-corrected chi connectivity index (χ1v) is 2.19. The van der Waals surface area contributed by atoms with Crippen molar-refractivity contribution in [3.63, 3.8) is 0 Å². The summed E-state index contributed by atoms with van der Waals surface area (Å²) in [7, 11) is -5.39. The summed E-state index contributed by atoms with van der Waals surface area (Å²) in [6, 6.07) is 0. The first-order chi connectivity index (χ1) is 2.00. The molecule has 0 bridgehead atoms. The zero-order chi connectivity index (χ0) is 4.50. The van der Waals surface area contributed by atoms with E-state index in [4.69, 9.17) is 19.2 Å². The predicted molar refractivity (Wildman–Crippen MR) is 7.61 cm³/mol. The Morgan fingerprint density at radius 1 is 1.14 bits per heavy atom. The van der Waals surface area contributed by atoms with Crippen LogP contribution < -0.4 is 14.7 Å². The Morgan fingerprint density at radius 2 is 1.14 bits per heavy atom. The van der Waals surface area contributed by atoms with Crippen LogP contribution in [0.25, 0.3) is 0 Å². The molecule has 0 aliphatic rings. The van der Waals surface area contributed by atoms with Crippen LogP contribution in [0, 0.1) is 0 Å². The van der Waals surface area contributed by atoms with Crippen molar-refractivity contribution in [2.24, 2.45) is 0 Å². The fraction of sp³-hybridized carbons (Fsp3) is 0. The minimum absolute atomic E-state index is 0. The average Bonchev–Trinajstić information content (AvgIpc) is 0.722. The van der Waals surface area contributed by atoms with Crippen LogP contribution in [0.2, 0.25) is 0 Å². The van der Waals surface area contributed by atoms with E-state index in [1.165, 1.54) is 0 Å². The van der Waals surface area contributed by atoms with E-state index in [2.05, 4.69) is 0 Å². The largest absolute Gasteiger partial charge is 2.00 e. The molecule has 0 aliphatic carbocycles. The first kappa shape index (κ1) is 15.7. The summed E-state index contributed by atoms with van der Waals surface area (Å²) in [5, 5.41) is 0. The van der Waals surface area contributed by atoms with E-state index >= 15 is 0 Å². The Morgan fingerprint density at radius 3 is 1.14 bits per heavy atom. The number of phosphoric acid groups is 1. The maximum Gasteiger partial charge on any atom is 2.00 e. The first-order valence-electron chi connectivity index (χ1n) is 0.730. The van der Waals surface area contributed by atoms with Gasteiger partial charge in [-0.1, -0.05) is 0 Å². The molecule has 0 aromatic rings. The molecule has 0 aliphatic heterocycles. The van der Waals surface area contributed by atoms with Crippen LogP contribution in [0.5, 0.6) is 0 Å². The third-order valence-electron chi connectivity index (χ3n) is 0. The van der Waals surface area contributed by atoms with Gasteiger partial charge in [0.25, 0.3) is 0 Å². The van der Waals surface area contributed by atoms with Crippen LogP contribution >= 0.6 is 7.82 Å². The van der Waals surface area contributed by atoms with Gasteiger partial charge in [-0.2, -0.15) is 7.82 Å². The average molecular weight is 349 g/mol. The Hall–Kier alpha value is 1.29. The minimum Gasteiger partial charge on any atom is -0.822 e. The monoisotopic (exact) mass is 348 g/mol. The van der Waals surface area contributed by atoms with Crippen molar-refractivity contribution in [2.45, 2.75) is 0 Å². The summed E-state index contributed by atoms with van der Waals surface area (Å²) < 4.78 is 8.55. The van der Waals surface area contributed by atoms with Gasteiger partial charge in [-0.15, -0.1) is 0 Å². The van der Waals surface area contributed by atoms with Crippen LogP contribution in [-0.4, -0.2) is 0 Å². The molecule has 0 atom stereocenters. The summed E-state index contributed by atoms with van der Waals surface area (Å²) in [6.07, 6.45) is 0. The Bertz CT molecular complexity index is 57.8. The molecule has 0 aromatic carbocycles. The quantitative estimate of drug-likeness (QED) is 0.349. The van der Waals surface area contributed by atoms with Gasteiger partial charge < -0.3 is 19.2 Å². The van der Waals surface area contributed by atoms with Gasteiger partial charge in [0.15, 0.2) is 0 Å². The van der Waals surface area contributed by atoms with Crippen LogP contribution in [-0.2, 0) is 42.1 Å². The fourth-order valence-corrected chi connectivity index (χ4v) is 0. The summed E-state index contributed by atoms with van der Waals surface area (Å²) in [4.78, 5) is 25.6. The maximum absolute atomic E-state index is 8.55. The molecule has 7 heavy (non-hydrogen) atoms. The van der Waals surface area contributed by atoms with Crippen molar-refractivity contribution in [1.29, 1.82) is 0 Å². The minimum atomic E-state index is -5.39. The number of hydrogen-bond donors (Lipinski definition) is 0. The third kappa shape index (κ3) is 122. The van der Waals surface area contributed by atoms with E-state index in [0.29, 0.717) is 0 Å². The molecule has 0 amide bonds. The zero-order valence-corrected chi connectivity index (χ0v) is 6.87. The Labute approximate surface area is 64.7 Å². The van der Waals surface area contributed by atoms with Gasteiger partial charge in [0.05, 0.1) is 0 Å². The zero-order valence-electron chi connectivity index (χ0n) is 2.71. The molecule has 0 fully saturated rings. The van der Waals surface area contributed by atoms with Crippen LogP contribution in [0.3, 0.4) is 0 Å². The van der Waals surface area contributed by atoms with Crippen molar-refractivity contribution < 1.29 is 56.8 Å². The van der Waals surface area contributed by atoms with Crippen molar-refractivity contribution in [3.8, 4) is 0 Å². The molecular weight excluding hydrogens is 349 g/mol. The van der Waals surface area contributed by atoms with Gasteiger partial charge in [0, 0.05) is 0 Å². The smallest absolute Gasteiger partial charge is 0.822 e. The number of hydrogen-bond acceptors (Lipinski definition) is 4. The molecule has 7 heteroatoms. The van der Waals surface area contributed by atoms with E-state index in [-0.39, 0.29) is 37.6 Å². The summed E-state index contributed by atoms with van der Waals surface area (Å²) in [6.45, 7) is 0. The van der Waals surface area contributed by atoms with Gasteiger partial charge >= 0.3 is 37.6 Å². The Kier molecular flexibility index (Phi) is 12.2. The molecule has 4 nitrogen and oxygen atoms in total. The molecule has 0 N–H and O–H groups in total. The van der Waals surface area contributed by atoms with Crippen molar-refractivity contribution in [3.05, 3.63) is 0 Å². The third-order valence-corrected chi connectivity index (χ3v) is 0. The van der Waals surface area contributed by atoms with Crippen molar-refractivity contribution in [1.82, 2.24) is 0 Å². The van der Waals surface area contributed by atoms with Crippen LogP contribution in [0.15, 0.2) is 0 Å². The summed E-state index contributed by atoms with van der Waals surface area (Å²) in [5.74, 6) is 0. The summed E-state index contributed by atoms with van der Waals surface area (Å²) >= 11 is 0. The Balaban J connectivity index is -0.0000000800. The second kappa shape index (κ2) is 5.43. The van der Waals surface area contributed by atoms with Crippen LogP contribution in [0.1, 0.15) is 0 Å². The normalized spacial score (nSPS) is 8.43. The van der Waals surface area contributed by atoms with E-state index < -0.39 is 7.82 Å². The van der Waals surface area contributed by atoms with Gasteiger partial charge in [-0.3, -0.25) is 0 Å². The van der Waals surface area contributed by atoms with E-state index in [1.807, 2.05) is 0 Å². The van der Waals surface area contributed by atoms with Crippen molar-refractivity contribution >= 4 is 7.82 Å². The van der Waals surface area contributed by atoms with E-state index in [0.717, 1.165) is 0 Å². The predicted octanol–water partition coefficient (Wildman–Crippen LogP) is -2.83. The molecule has 0 rings (SSSR count). The molecular formula is NiO4PPt+. The van der Waals surface area contributed by atoms with E-state index in [1.54, 1.807) is 0 Å². The topological polar surface area (TPSA) is 86.2 Å². The molecule has 0 radical (unpaired) electrons. The van der Waals surface area contributed by atoms with Crippen molar-refractivity contribution in [2.75, 3.05) is 0 Å². The van der Waals surface area contributed by atoms with Gasteiger partial charge in [0.1, 0.15) is 0 Å². The molecule has 0 saturated heterocycles. The molecule has 0 unspecified atom stereocenters. The molecule has 0 heterocycles. The molecule has 0 aromatic heterocycles. The standard InChI is InChI=1S/Ni.H3O4P.Pt/c;1-5(2,3)4;/h;(H3,1,2,3,4);/q+2;;+2/p-3. The van der Waals surface area contributed by atoms with E-state index in [9.17, 15) is 0 Å². The van der Waals surface area contributed by atoms with Gasteiger partial charge in [0.2, 0.25) is 0 Å². The van der Waals surface area contributed by atoms with Crippen LogP contribution in [0.4, 0.5) is 0 Å².